The summed E-state index contributed by atoms with van der Waals surface area (Å²) in [5, 5.41) is 0. The van der Waals surface area contributed by atoms with Gasteiger partial charge in [-0.05, 0) is 18.2 Å². The minimum atomic E-state index is -1.04. The highest BCUT2D eigenvalue weighted by atomic mass is 79.9. The van der Waals surface area contributed by atoms with E-state index >= 15 is 0 Å². The predicted molar refractivity (Wildman–Crippen MR) is 59.5 cm³/mol. The third kappa shape index (κ3) is 2.57. The number of anilines is 1. The first-order chi connectivity index (χ1) is 7.47. The van der Waals surface area contributed by atoms with Gasteiger partial charge in [0.2, 0.25) is 0 Å². The van der Waals surface area contributed by atoms with Gasteiger partial charge in [0, 0.05) is 11.5 Å². The standard InChI is InChI=1S/C10H9BrFNO3/c1-13(9(14)10(15)16-2)8-5-6(11)3-4-7(8)12/h3-5H,1-2H3. The average molecular weight is 290 g/mol. The van der Waals surface area contributed by atoms with Gasteiger partial charge in [0.15, 0.2) is 0 Å². The van der Waals surface area contributed by atoms with Crippen LogP contribution in [0.15, 0.2) is 22.7 Å². The molecule has 1 aromatic carbocycles. The molecule has 0 fully saturated rings. The Morgan fingerprint density at radius 2 is 2.06 bits per heavy atom. The number of nitrogens with zero attached hydrogens (tertiary/aromatic N) is 1. The summed E-state index contributed by atoms with van der Waals surface area (Å²) in [5.41, 5.74) is 0.00442. The van der Waals surface area contributed by atoms with Gasteiger partial charge in [0.25, 0.3) is 0 Å². The summed E-state index contributed by atoms with van der Waals surface area (Å²) in [5.74, 6) is -2.57. The Balaban J connectivity index is 3.04. The Labute approximate surface area is 100 Å². The number of hydrogen-bond acceptors (Lipinski definition) is 3. The molecule has 0 spiro atoms. The number of carbonyl (C=O) groups is 2. The molecule has 86 valence electrons. The number of ether oxygens (including phenoxy) is 1. The topological polar surface area (TPSA) is 46.6 Å². The van der Waals surface area contributed by atoms with Crippen molar-refractivity contribution in [1.82, 2.24) is 0 Å². The largest absolute Gasteiger partial charge is 0.462 e. The van der Waals surface area contributed by atoms with E-state index in [2.05, 4.69) is 20.7 Å². The molecule has 0 radical (unpaired) electrons. The van der Waals surface area contributed by atoms with Crippen LogP contribution in [0.4, 0.5) is 10.1 Å². The maximum Gasteiger partial charge on any atom is 0.397 e. The van der Waals surface area contributed by atoms with Crippen LogP contribution in [-0.4, -0.2) is 26.0 Å². The normalized spacial score (nSPS) is 9.75. The first-order valence-corrected chi connectivity index (χ1v) is 5.07. The van der Waals surface area contributed by atoms with Crippen LogP contribution in [0.3, 0.4) is 0 Å². The Bertz CT molecular complexity index is 436. The molecule has 0 atom stereocenters. The van der Waals surface area contributed by atoms with E-state index in [0.717, 1.165) is 12.0 Å². The van der Waals surface area contributed by atoms with Crippen molar-refractivity contribution in [3.63, 3.8) is 0 Å². The van der Waals surface area contributed by atoms with Crippen LogP contribution < -0.4 is 4.90 Å². The van der Waals surface area contributed by atoms with Crippen LogP contribution in [0.25, 0.3) is 0 Å². The second kappa shape index (κ2) is 5.07. The number of rotatable bonds is 1. The van der Waals surface area contributed by atoms with Crippen molar-refractivity contribution in [3.8, 4) is 0 Å². The van der Waals surface area contributed by atoms with Crippen molar-refractivity contribution in [3.05, 3.63) is 28.5 Å². The van der Waals surface area contributed by atoms with Gasteiger partial charge < -0.3 is 9.64 Å². The zero-order valence-electron chi connectivity index (χ0n) is 8.66. The van der Waals surface area contributed by atoms with Crippen molar-refractivity contribution in [2.45, 2.75) is 0 Å². The Morgan fingerprint density at radius 3 is 2.62 bits per heavy atom. The van der Waals surface area contributed by atoms with E-state index in [1.807, 2.05) is 0 Å². The van der Waals surface area contributed by atoms with Crippen molar-refractivity contribution < 1.29 is 18.7 Å². The SMILES string of the molecule is COC(=O)C(=O)N(C)c1cc(Br)ccc1F. The second-order valence-electron chi connectivity index (χ2n) is 2.95. The van der Waals surface area contributed by atoms with Crippen molar-refractivity contribution >= 4 is 33.5 Å². The monoisotopic (exact) mass is 289 g/mol. The molecule has 0 N–H and O–H groups in total. The number of amides is 1. The summed E-state index contributed by atoms with van der Waals surface area (Å²) < 4.78 is 18.2. The fourth-order valence-corrected chi connectivity index (χ4v) is 1.43. The quantitative estimate of drug-likeness (QED) is 0.584. The number of benzene rings is 1. The number of hydrogen-bond donors (Lipinski definition) is 0. The molecule has 0 unspecified atom stereocenters. The summed E-state index contributed by atoms with van der Waals surface area (Å²) in [6, 6.07) is 4.09. The van der Waals surface area contributed by atoms with E-state index in [1.54, 1.807) is 0 Å². The first kappa shape index (κ1) is 12.6. The third-order valence-electron chi connectivity index (χ3n) is 1.93. The molecule has 0 aromatic heterocycles. The fourth-order valence-electron chi connectivity index (χ4n) is 1.08. The van der Waals surface area contributed by atoms with Crippen molar-refractivity contribution in [1.29, 1.82) is 0 Å². The Morgan fingerprint density at radius 1 is 1.44 bits per heavy atom. The van der Waals surface area contributed by atoms with Gasteiger partial charge in [0.05, 0.1) is 12.8 Å². The summed E-state index contributed by atoms with van der Waals surface area (Å²) in [7, 11) is 2.38. The molecule has 0 saturated carbocycles. The molecule has 6 heteroatoms. The van der Waals surface area contributed by atoms with Crippen LogP contribution in [0.1, 0.15) is 0 Å². The smallest absolute Gasteiger partial charge is 0.397 e. The Hall–Kier alpha value is -1.43. The molecular formula is C10H9BrFNO3. The van der Waals surface area contributed by atoms with E-state index in [-0.39, 0.29) is 5.69 Å². The van der Waals surface area contributed by atoms with E-state index in [4.69, 9.17) is 0 Å². The second-order valence-corrected chi connectivity index (χ2v) is 3.87. The van der Waals surface area contributed by atoms with Crippen LogP contribution >= 0.6 is 15.9 Å². The van der Waals surface area contributed by atoms with Crippen LogP contribution in [-0.2, 0) is 14.3 Å². The van der Waals surface area contributed by atoms with E-state index < -0.39 is 17.7 Å². The molecule has 4 nitrogen and oxygen atoms in total. The lowest BCUT2D eigenvalue weighted by molar-refractivity contribution is -0.151. The average Bonchev–Trinajstić information content (AvgIpc) is 2.29. The number of carbonyl (C=O) groups excluding carboxylic acids is 2. The minimum absolute atomic E-state index is 0.00442. The summed E-state index contributed by atoms with van der Waals surface area (Å²) in [6.07, 6.45) is 0. The van der Waals surface area contributed by atoms with Gasteiger partial charge in [0.1, 0.15) is 5.82 Å². The fraction of sp³-hybridized carbons (Fsp3) is 0.200. The number of likely N-dealkylation sites (N-methyl/N-ethyl adjacent to an activating group) is 1. The Kier molecular flexibility index (Phi) is 4.00. The molecule has 16 heavy (non-hydrogen) atoms. The lowest BCUT2D eigenvalue weighted by Crippen LogP contribution is -2.34. The lowest BCUT2D eigenvalue weighted by atomic mass is 10.3. The molecule has 1 aromatic rings. The highest BCUT2D eigenvalue weighted by molar-refractivity contribution is 9.10. The van der Waals surface area contributed by atoms with E-state index in [1.165, 1.54) is 25.2 Å². The lowest BCUT2D eigenvalue weighted by Gasteiger charge is -2.16. The van der Waals surface area contributed by atoms with Gasteiger partial charge >= 0.3 is 11.9 Å². The maximum atomic E-state index is 13.4. The number of esters is 1. The van der Waals surface area contributed by atoms with Crippen molar-refractivity contribution in [2.24, 2.45) is 0 Å². The summed E-state index contributed by atoms with van der Waals surface area (Å²) >= 11 is 3.15. The highest BCUT2D eigenvalue weighted by Crippen LogP contribution is 2.23. The van der Waals surface area contributed by atoms with Gasteiger partial charge in [-0.3, -0.25) is 4.79 Å². The van der Waals surface area contributed by atoms with Gasteiger partial charge in [-0.1, -0.05) is 15.9 Å². The van der Waals surface area contributed by atoms with Gasteiger partial charge in [-0.2, -0.15) is 0 Å². The zero-order valence-corrected chi connectivity index (χ0v) is 10.2. The van der Waals surface area contributed by atoms with Crippen molar-refractivity contribution in [2.75, 3.05) is 19.1 Å². The van der Waals surface area contributed by atoms with Crippen LogP contribution in [0.2, 0.25) is 0 Å². The van der Waals surface area contributed by atoms with Crippen LogP contribution in [0, 0.1) is 5.82 Å². The number of halogens is 2. The van der Waals surface area contributed by atoms with Gasteiger partial charge in [-0.15, -0.1) is 0 Å². The van der Waals surface area contributed by atoms with E-state index in [0.29, 0.717) is 4.47 Å². The molecule has 0 aliphatic heterocycles. The molecule has 0 saturated heterocycles. The third-order valence-corrected chi connectivity index (χ3v) is 2.43. The minimum Gasteiger partial charge on any atom is -0.462 e. The molecule has 0 bridgehead atoms. The predicted octanol–water partition coefficient (Wildman–Crippen LogP) is 1.72. The molecule has 1 rings (SSSR count). The summed E-state index contributed by atoms with van der Waals surface area (Å²) in [4.78, 5) is 23.3. The maximum absolute atomic E-state index is 13.4. The molecular weight excluding hydrogens is 281 g/mol. The van der Waals surface area contributed by atoms with E-state index in [9.17, 15) is 14.0 Å². The molecule has 1 amide bonds. The number of methoxy groups -OCH3 is 1. The van der Waals surface area contributed by atoms with Gasteiger partial charge in [-0.25, -0.2) is 9.18 Å². The summed E-state index contributed by atoms with van der Waals surface area (Å²) in [6.45, 7) is 0. The van der Waals surface area contributed by atoms with Crippen LogP contribution in [0.5, 0.6) is 0 Å². The first-order valence-electron chi connectivity index (χ1n) is 4.28. The zero-order chi connectivity index (χ0) is 12.3. The molecule has 0 heterocycles. The molecule has 0 aliphatic carbocycles. The molecule has 0 aliphatic rings. The highest BCUT2D eigenvalue weighted by Gasteiger charge is 2.22.